The molecule has 1 aromatic carbocycles. The molecule has 0 N–H and O–H groups in total. The predicted octanol–water partition coefficient (Wildman–Crippen LogP) is 2.72. The molecule has 24 heavy (non-hydrogen) atoms. The molecule has 1 fully saturated rings. The molecule has 1 atom stereocenters. The molecule has 2 aliphatic heterocycles. The van der Waals surface area contributed by atoms with Gasteiger partial charge in [-0.2, -0.15) is 0 Å². The Morgan fingerprint density at radius 3 is 2.83 bits per heavy atom. The molecule has 126 valence electrons. The Kier molecular flexibility index (Phi) is 4.31. The molecule has 5 nitrogen and oxygen atoms in total. The lowest BCUT2D eigenvalue weighted by Crippen LogP contribution is -2.42. The normalized spacial score (nSPS) is 21.0. The summed E-state index contributed by atoms with van der Waals surface area (Å²) in [5, 5.41) is 8.38. The summed E-state index contributed by atoms with van der Waals surface area (Å²) in [4.78, 5) is 16.2. The molecule has 0 unspecified atom stereocenters. The number of rotatable bonds is 3. The first kappa shape index (κ1) is 15.7. The Bertz CT molecular complexity index is 711. The second-order valence-corrected chi connectivity index (χ2v) is 7.74. The van der Waals surface area contributed by atoms with E-state index in [9.17, 15) is 4.79 Å². The average molecular weight is 342 g/mol. The SMILES string of the molecule is CCn1cnnc1C1CCN(C(=O)[C@H]2Cc3ccccc3S2)CC1. The molecule has 0 saturated carbocycles. The van der Waals surface area contributed by atoms with Crippen molar-refractivity contribution in [1.29, 1.82) is 0 Å². The van der Waals surface area contributed by atoms with Crippen molar-refractivity contribution in [3.63, 3.8) is 0 Å². The molecular formula is C18H22N4OS. The number of benzene rings is 1. The molecule has 2 aliphatic rings. The van der Waals surface area contributed by atoms with Crippen LogP contribution >= 0.6 is 11.8 Å². The van der Waals surface area contributed by atoms with E-state index in [1.807, 2.05) is 11.0 Å². The van der Waals surface area contributed by atoms with E-state index in [-0.39, 0.29) is 5.25 Å². The van der Waals surface area contributed by atoms with Crippen LogP contribution in [0.1, 0.15) is 37.1 Å². The van der Waals surface area contributed by atoms with E-state index in [0.29, 0.717) is 11.8 Å². The number of nitrogens with zero attached hydrogens (tertiary/aromatic N) is 4. The van der Waals surface area contributed by atoms with Gasteiger partial charge in [-0.25, -0.2) is 0 Å². The number of fused-ring (bicyclic) bond motifs is 1. The highest BCUT2D eigenvalue weighted by molar-refractivity contribution is 8.01. The molecule has 6 heteroatoms. The number of carbonyl (C=O) groups is 1. The summed E-state index contributed by atoms with van der Waals surface area (Å²) < 4.78 is 2.12. The Hall–Kier alpha value is -1.82. The number of thioether (sulfide) groups is 1. The molecule has 2 aromatic rings. The largest absolute Gasteiger partial charge is 0.342 e. The topological polar surface area (TPSA) is 51.0 Å². The van der Waals surface area contributed by atoms with Gasteiger partial charge in [-0.3, -0.25) is 4.79 Å². The minimum atomic E-state index is 0.0539. The van der Waals surface area contributed by atoms with Crippen LogP contribution in [0.15, 0.2) is 35.5 Å². The minimum absolute atomic E-state index is 0.0539. The van der Waals surface area contributed by atoms with Crippen molar-refractivity contribution in [2.75, 3.05) is 13.1 Å². The predicted molar refractivity (Wildman–Crippen MR) is 94.0 cm³/mol. The van der Waals surface area contributed by atoms with Gasteiger partial charge in [0.25, 0.3) is 0 Å². The number of aromatic nitrogens is 3. The standard InChI is InChI=1S/C18H22N4OS/c1-2-21-12-19-20-17(21)13-7-9-22(10-8-13)18(23)16-11-14-5-3-4-6-15(14)24-16/h3-6,12-13,16H,2,7-11H2,1H3/t16-/m1/s1. The molecular weight excluding hydrogens is 320 g/mol. The third-order valence-electron chi connectivity index (χ3n) is 5.08. The van der Waals surface area contributed by atoms with E-state index in [1.54, 1.807) is 18.1 Å². The zero-order valence-corrected chi connectivity index (χ0v) is 14.7. The van der Waals surface area contributed by atoms with Crippen LogP contribution in [0.25, 0.3) is 0 Å². The molecule has 4 rings (SSSR count). The first-order chi connectivity index (χ1) is 11.8. The Balaban J connectivity index is 1.37. The highest BCUT2D eigenvalue weighted by Gasteiger charge is 2.34. The smallest absolute Gasteiger partial charge is 0.236 e. The number of carbonyl (C=O) groups excluding carboxylic acids is 1. The van der Waals surface area contributed by atoms with Crippen molar-refractivity contribution >= 4 is 17.7 Å². The van der Waals surface area contributed by atoms with Gasteiger partial charge >= 0.3 is 0 Å². The third-order valence-corrected chi connectivity index (χ3v) is 6.39. The van der Waals surface area contributed by atoms with E-state index in [4.69, 9.17) is 0 Å². The summed E-state index contributed by atoms with van der Waals surface area (Å²) in [6.07, 6.45) is 4.63. The second-order valence-electron chi connectivity index (χ2n) is 6.49. The van der Waals surface area contributed by atoms with E-state index in [0.717, 1.165) is 44.7 Å². The van der Waals surface area contributed by atoms with Gasteiger partial charge in [0, 0.05) is 30.4 Å². The lowest BCUT2D eigenvalue weighted by atomic mass is 9.95. The highest BCUT2D eigenvalue weighted by atomic mass is 32.2. The van der Waals surface area contributed by atoms with Crippen molar-refractivity contribution in [3.05, 3.63) is 42.0 Å². The first-order valence-corrected chi connectivity index (χ1v) is 9.55. The van der Waals surface area contributed by atoms with Gasteiger partial charge < -0.3 is 9.47 Å². The van der Waals surface area contributed by atoms with E-state index >= 15 is 0 Å². The third kappa shape index (κ3) is 2.83. The summed E-state index contributed by atoms with van der Waals surface area (Å²) >= 11 is 1.72. The summed E-state index contributed by atoms with van der Waals surface area (Å²) in [6, 6.07) is 8.37. The maximum Gasteiger partial charge on any atom is 0.236 e. The number of hydrogen-bond acceptors (Lipinski definition) is 4. The monoisotopic (exact) mass is 342 g/mol. The van der Waals surface area contributed by atoms with E-state index in [2.05, 4.69) is 39.9 Å². The van der Waals surface area contributed by atoms with E-state index < -0.39 is 0 Å². The van der Waals surface area contributed by atoms with Crippen LogP contribution in [-0.2, 0) is 17.8 Å². The van der Waals surface area contributed by atoms with Gasteiger partial charge in [0.2, 0.25) is 5.91 Å². The van der Waals surface area contributed by atoms with Crippen molar-refractivity contribution in [2.45, 2.75) is 48.8 Å². The summed E-state index contributed by atoms with van der Waals surface area (Å²) in [6.45, 7) is 4.67. The molecule has 3 heterocycles. The van der Waals surface area contributed by atoms with Crippen LogP contribution in [0.2, 0.25) is 0 Å². The second kappa shape index (κ2) is 6.59. The van der Waals surface area contributed by atoms with Crippen molar-refractivity contribution in [2.24, 2.45) is 0 Å². The maximum absolute atomic E-state index is 12.9. The fourth-order valence-electron chi connectivity index (χ4n) is 3.71. The van der Waals surface area contributed by atoms with Gasteiger partial charge in [-0.15, -0.1) is 22.0 Å². The fraction of sp³-hybridized carbons (Fsp3) is 0.500. The number of amides is 1. The lowest BCUT2D eigenvalue weighted by molar-refractivity contribution is -0.131. The number of likely N-dealkylation sites (tertiary alicyclic amines) is 1. The number of aryl methyl sites for hydroxylation is 1. The van der Waals surface area contributed by atoms with Crippen molar-refractivity contribution in [3.8, 4) is 0 Å². The number of piperidine rings is 1. The molecule has 1 aromatic heterocycles. The Labute approximate surface area is 146 Å². The minimum Gasteiger partial charge on any atom is -0.342 e. The van der Waals surface area contributed by atoms with Crippen LogP contribution < -0.4 is 0 Å². The van der Waals surface area contributed by atoms with Gasteiger partial charge in [0.1, 0.15) is 12.2 Å². The van der Waals surface area contributed by atoms with Crippen LogP contribution in [0.5, 0.6) is 0 Å². The van der Waals surface area contributed by atoms with Crippen LogP contribution in [0.4, 0.5) is 0 Å². The Morgan fingerprint density at radius 1 is 1.29 bits per heavy atom. The molecule has 0 spiro atoms. The number of hydrogen-bond donors (Lipinski definition) is 0. The summed E-state index contributed by atoms with van der Waals surface area (Å²) in [7, 11) is 0. The Morgan fingerprint density at radius 2 is 2.08 bits per heavy atom. The first-order valence-electron chi connectivity index (χ1n) is 8.67. The zero-order valence-electron chi connectivity index (χ0n) is 13.9. The van der Waals surface area contributed by atoms with Crippen LogP contribution in [0.3, 0.4) is 0 Å². The molecule has 0 radical (unpaired) electrons. The molecule has 1 amide bonds. The lowest BCUT2D eigenvalue weighted by Gasteiger charge is -2.33. The summed E-state index contributed by atoms with van der Waals surface area (Å²) in [5.41, 5.74) is 1.31. The van der Waals surface area contributed by atoms with Crippen LogP contribution in [0, 0.1) is 0 Å². The van der Waals surface area contributed by atoms with Crippen LogP contribution in [-0.4, -0.2) is 43.9 Å². The quantitative estimate of drug-likeness (QED) is 0.861. The molecule has 0 bridgehead atoms. The van der Waals surface area contributed by atoms with Gasteiger partial charge in [-0.05, 0) is 37.8 Å². The van der Waals surface area contributed by atoms with E-state index in [1.165, 1.54) is 10.5 Å². The van der Waals surface area contributed by atoms with Crippen molar-refractivity contribution in [1.82, 2.24) is 19.7 Å². The van der Waals surface area contributed by atoms with Gasteiger partial charge in [-0.1, -0.05) is 18.2 Å². The maximum atomic E-state index is 12.9. The van der Waals surface area contributed by atoms with Crippen molar-refractivity contribution < 1.29 is 4.79 Å². The highest BCUT2D eigenvalue weighted by Crippen LogP contribution is 2.38. The molecule has 0 aliphatic carbocycles. The average Bonchev–Trinajstić information content (AvgIpc) is 3.27. The molecule has 1 saturated heterocycles. The zero-order chi connectivity index (χ0) is 16.5. The fourth-order valence-corrected chi connectivity index (χ4v) is 4.98. The van der Waals surface area contributed by atoms with Gasteiger partial charge in [0.15, 0.2) is 0 Å². The van der Waals surface area contributed by atoms with Gasteiger partial charge in [0.05, 0.1) is 5.25 Å². The summed E-state index contributed by atoms with van der Waals surface area (Å²) in [5.74, 6) is 1.80.